The maximum atomic E-state index is 8.54. The van der Waals surface area contributed by atoms with Gasteiger partial charge in [-0.25, -0.2) is 0 Å². The molecule has 0 radical (unpaired) electrons. The van der Waals surface area contributed by atoms with Gasteiger partial charge in [0.25, 0.3) is 0 Å². The van der Waals surface area contributed by atoms with Gasteiger partial charge in [-0.1, -0.05) is 0 Å². The minimum absolute atomic E-state index is 0.472. The monoisotopic (exact) mass is 369 g/mol. The first-order valence-corrected chi connectivity index (χ1v) is 8.04. The van der Waals surface area contributed by atoms with Gasteiger partial charge < -0.3 is 16.6 Å². The molecule has 1 unspecified atom stereocenters. The molecule has 0 aliphatic rings. The van der Waals surface area contributed by atoms with Crippen molar-refractivity contribution >= 4 is 18.8 Å². The standard InChI is InChI=1S/C4H12N2O.2ClH.Pt/c1-4(2,6)3(5)7;;;/h3,7H,5-6H2,1-2H3;2*1H;/q;;;+2/p-2. The number of nitrogens with two attached hydrogens (primary N) is 2. The summed E-state index contributed by atoms with van der Waals surface area (Å²) in [6, 6.07) is 0. The van der Waals surface area contributed by atoms with E-state index < -0.39 is 28.2 Å². The normalized spacial score (nSPS) is 13.9. The van der Waals surface area contributed by atoms with Crippen molar-refractivity contribution in [3.8, 4) is 0 Å². The van der Waals surface area contributed by atoms with Gasteiger partial charge in [0, 0.05) is 5.54 Å². The summed E-state index contributed by atoms with van der Waals surface area (Å²) in [5.41, 5.74) is 9.64. The second-order valence-electron chi connectivity index (χ2n) is 2.31. The van der Waals surface area contributed by atoms with Crippen LogP contribution < -0.4 is 11.5 Å². The molecule has 0 fully saturated rings. The van der Waals surface area contributed by atoms with Crippen LogP contribution >= 0.6 is 18.8 Å². The molecular weight excluding hydrogens is 358 g/mol. The van der Waals surface area contributed by atoms with Crippen LogP contribution in [0.3, 0.4) is 0 Å². The van der Waals surface area contributed by atoms with Gasteiger partial charge in [-0.3, -0.25) is 0 Å². The van der Waals surface area contributed by atoms with Crippen molar-refractivity contribution in [1.29, 1.82) is 0 Å². The van der Waals surface area contributed by atoms with Gasteiger partial charge in [0.2, 0.25) is 0 Å². The van der Waals surface area contributed by atoms with Gasteiger partial charge in [-0.2, -0.15) is 0 Å². The SMILES string of the molecule is CC(C)(N)C(N)O.[Cl][Pt][Cl]. The number of halogens is 2. The predicted molar refractivity (Wildman–Crippen MR) is 40.2 cm³/mol. The van der Waals surface area contributed by atoms with Gasteiger partial charge in [-0.15, -0.1) is 0 Å². The minimum atomic E-state index is -0.924. The zero-order chi connectivity index (χ0) is 8.78. The summed E-state index contributed by atoms with van der Waals surface area (Å²) in [5, 5.41) is 8.54. The molecule has 0 aliphatic carbocycles. The molecule has 0 aromatic rings. The number of hydrogen-bond acceptors (Lipinski definition) is 3. The third kappa shape index (κ3) is 11.9. The van der Waals surface area contributed by atoms with Crippen molar-refractivity contribution in [2.45, 2.75) is 25.6 Å². The van der Waals surface area contributed by atoms with Crippen LogP contribution in [0, 0.1) is 0 Å². The fourth-order valence-electron chi connectivity index (χ4n) is 0. The van der Waals surface area contributed by atoms with E-state index in [0.717, 1.165) is 0 Å². The molecule has 6 heteroatoms. The van der Waals surface area contributed by atoms with E-state index in [2.05, 4.69) is 0 Å². The summed E-state index contributed by atoms with van der Waals surface area (Å²) < 4.78 is 0. The second-order valence-corrected chi connectivity index (χ2v) is 5.59. The van der Waals surface area contributed by atoms with Crippen LogP contribution in [0.15, 0.2) is 0 Å². The first kappa shape index (κ1) is 13.7. The Balaban J connectivity index is 0. The third-order valence-electron chi connectivity index (χ3n) is 0.762. The molecule has 5 N–H and O–H groups in total. The quantitative estimate of drug-likeness (QED) is 0.585. The van der Waals surface area contributed by atoms with E-state index in [4.69, 9.17) is 35.4 Å². The number of aliphatic hydroxyl groups excluding tert-OH is 1. The number of rotatable bonds is 1. The van der Waals surface area contributed by atoms with E-state index in [9.17, 15) is 0 Å². The Bertz CT molecular complexity index is 76.1. The number of aliphatic hydroxyl groups is 1. The molecule has 0 amide bonds. The van der Waals surface area contributed by atoms with Crippen LogP contribution in [-0.4, -0.2) is 16.9 Å². The van der Waals surface area contributed by atoms with Crippen molar-refractivity contribution < 1.29 is 21.6 Å². The predicted octanol–water partition coefficient (Wildman–Crippen LogP) is 0.377. The topological polar surface area (TPSA) is 72.3 Å². The molecule has 0 spiro atoms. The summed E-state index contributed by atoms with van der Waals surface area (Å²) in [7, 11) is 9.75. The maximum absolute atomic E-state index is 8.54. The Morgan fingerprint density at radius 2 is 1.60 bits per heavy atom. The fraction of sp³-hybridized carbons (Fsp3) is 1.00. The van der Waals surface area contributed by atoms with Gasteiger partial charge in [0.05, 0.1) is 0 Å². The zero-order valence-electron chi connectivity index (χ0n) is 5.75. The van der Waals surface area contributed by atoms with Gasteiger partial charge >= 0.3 is 35.3 Å². The Labute approximate surface area is 77.4 Å². The molecule has 0 aromatic heterocycles. The molecule has 1 atom stereocenters. The summed E-state index contributed by atoms with van der Waals surface area (Å²) in [6.45, 7) is 3.33. The summed E-state index contributed by atoms with van der Waals surface area (Å²) in [4.78, 5) is 0. The van der Waals surface area contributed by atoms with E-state index in [-0.39, 0.29) is 0 Å². The Kier molecular flexibility index (Phi) is 9.38. The molecular formula is C4H12Cl2N2OPt. The summed E-state index contributed by atoms with van der Waals surface area (Å²) in [5.74, 6) is 0. The molecule has 3 nitrogen and oxygen atoms in total. The Hall–Kier alpha value is 1.15. The molecule has 0 aromatic carbocycles. The van der Waals surface area contributed by atoms with Crippen LogP contribution in [0.4, 0.5) is 0 Å². The average molecular weight is 370 g/mol. The van der Waals surface area contributed by atoms with Crippen molar-refractivity contribution in [1.82, 2.24) is 0 Å². The van der Waals surface area contributed by atoms with Crippen molar-refractivity contribution in [2.24, 2.45) is 11.5 Å². The average Bonchev–Trinajstić information content (AvgIpc) is 1.64. The zero-order valence-corrected chi connectivity index (χ0v) is 9.54. The molecule has 10 heavy (non-hydrogen) atoms. The fourth-order valence-corrected chi connectivity index (χ4v) is 0. The van der Waals surface area contributed by atoms with Gasteiger partial charge in [0.1, 0.15) is 6.23 Å². The molecule has 0 rings (SSSR count). The van der Waals surface area contributed by atoms with Crippen molar-refractivity contribution in [3.05, 3.63) is 0 Å². The van der Waals surface area contributed by atoms with E-state index >= 15 is 0 Å². The second kappa shape index (κ2) is 6.83. The third-order valence-corrected chi connectivity index (χ3v) is 0.762. The van der Waals surface area contributed by atoms with Crippen molar-refractivity contribution in [3.63, 3.8) is 0 Å². The van der Waals surface area contributed by atoms with Crippen LogP contribution in [0.25, 0.3) is 0 Å². The Morgan fingerprint density at radius 3 is 1.60 bits per heavy atom. The first-order chi connectivity index (χ1) is 4.36. The summed E-state index contributed by atoms with van der Waals surface area (Å²) in [6.07, 6.45) is -0.924. The number of hydrogen-bond donors (Lipinski definition) is 3. The van der Waals surface area contributed by atoms with Crippen LogP contribution in [-0.2, 0) is 16.5 Å². The Morgan fingerprint density at radius 1 is 1.50 bits per heavy atom. The van der Waals surface area contributed by atoms with Crippen LogP contribution in [0.5, 0.6) is 0 Å². The van der Waals surface area contributed by atoms with E-state index in [0.29, 0.717) is 0 Å². The first-order valence-electron chi connectivity index (χ1n) is 2.41. The van der Waals surface area contributed by atoms with Gasteiger partial charge in [-0.05, 0) is 13.8 Å². The van der Waals surface area contributed by atoms with Crippen LogP contribution in [0.2, 0.25) is 0 Å². The van der Waals surface area contributed by atoms with E-state index in [1.54, 1.807) is 13.8 Å². The van der Waals surface area contributed by atoms with Gasteiger partial charge in [0.15, 0.2) is 0 Å². The molecule has 0 aliphatic heterocycles. The van der Waals surface area contributed by atoms with Crippen LogP contribution in [0.1, 0.15) is 13.8 Å². The molecule has 0 heterocycles. The van der Waals surface area contributed by atoms with E-state index in [1.807, 2.05) is 0 Å². The van der Waals surface area contributed by atoms with Crippen molar-refractivity contribution in [2.75, 3.05) is 0 Å². The summed E-state index contributed by atoms with van der Waals surface area (Å²) >= 11 is -0.472. The molecule has 0 saturated heterocycles. The molecule has 68 valence electrons. The molecule has 0 bridgehead atoms. The molecule has 0 saturated carbocycles. The van der Waals surface area contributed by atoms with E-state index in [1.165, 1.54) is 0 Å².